The van der Waals surface area contributed by atoms with Crippen LogP contribution in [0.1, 0.15) is 32.1 Å². The Morgan fingerprint density at radius 2 is 2.00 bits per heavy atom. The number of likely N-dealkylation sites (tertiary alicyclic amines) is 1. The van der Waals surface area contributed by atoms with Crippen molar-refractivity contribution in [2.75, 3.05) is 13.1 Å². The van der Waals surface area contributed by atoms with Crippen molar-refractivity contribution < 1.29 is 19.5 Å². The molecule has 1 fully saturated rings. The number of carbonyl (C=O) groups is 3. The Balaban J connectivity index is 2.48. The second-order valence-electron chi connectivity index (χ2n) is 4.40. The van der Waals surface area contributed by atoms with Crippen LogP contribution >= 0.6 is 0 Å². The summed E-state index contributed by atoms with van der Waals surface area (Å²) in [5.74, 6) is -1.33. The molecule has 1 aliphatic rings. The van der Waals surface area contributed by atoms with E-state index in [1.54, 1.807) is 4.90 Å². The number of amides is 3. The standard InChI is InChI=1S/C11H19N3O4/c12-11(18)13-9(15)5-7-14-6-3-1-2-4-8(14)10(16)17/h8H,1-7H2,(H,16,17)(H3,12,13,15,18). The summed E-state index contributed by atoms with van der Waals surface area (Å²) in [7, 11) is 0. The van der Waals surface area contributed by atoms with Gasteiger partial charge >= 0.3 is 12.0 Å². The third-order valence-electron chi connectivity index (χ3n) is 3.04. The summed E-state index contributed by atoms with van der Waals surface area (Å²) in [5.41, 5.74) is 4.82. The highest BCUT2D eigenvalue weighted by Gasteiger charge is 2.27. The Hall–Kier alpha value is -1.63. The Morgan fingerprint density at radius 1 is 1.28 bits per heavy atom. The van der Waals surface area contributed by atoms with Crippen LogP contribution in [-0.4, -0.2) is 47.0 Å². The Bertz CT molecular complexity index is 332. The Morgan fingerprint density at radius 3 is 2.61 bits per heavy atom. The molecular formula is C11H19N3O4. The predicted octanol–water partition coefficient (Wildman–Crippen LogP) is -0.0994. The maximum Gasteiger partial charge on any atom is 0.320 e. The number of urea groups is 1. The van der Waals surface area contributed by atoms with Crippen LogP contribution in [0.15, 0.2) is 0 Å². The van der Waals surface area contributed by atoms with Gasteiger partial charge < -0.3 is 10.8 Å². The molecule has 0 aromatic heterocycles. The number of imide groups is 1. The quantitative estimate of drug-likeness (QED) is 0.651. The van der Waals surface area contributed by atoms with Gasteiger partial charge in [-0.05, 0) is 19.4 Å². The average molecular weight is 257 g/mol. The van der Waals surface area contributed by atoms with Crippen LogP contribution in [0.25, 0.3) is 0 Å². The third-order valence-corrected chi connectivity index (χ3v) is 3.04. The fourth-order valence-electron chi connectivity index (χ4n) is 2.16. The first-order valence-corrected chi connectivity index (χ1v) is 6.07. The van der Waals surface area contributed by atoms with Gasteiger partial charge in [0.2, 0.25) is 5.91 Å². The number of carboxylic acids is 1. The lowest BCUT2D eigenvalue weighted by molar-refractivity contribution is -0.143. The van der Waals surface area contributed by atoms with Gasteiger partial charge in [0.05, 0.1) is 0 Å². The summed E-state index contributed by atoms with van der Waals surface area (Å²) in [6.07, 6.45) is 3.51. The first kappa shape index (κ1) is 14.4. The molecule has 0 bridgehead atoms. The van der Waals surface area contributed by atoms with Crippen LogP contribution in [0, 0.1) is 0 Å². The Kier molecular flexibility index (Phi) is 5.57. The number of nitrogens with two attached hydrogens (primary N) is 1. The highest BCUT2D eigenvalue weighted by molar-refractivity contribution is 5.93. The second kappa shape index (κ2) is 6.95. The average Bonchev–Trinajstić information content (AvgIpc) is 2.50. The zero-order valence-corrected chi connectivity index (χ0v) is 10.2. The van der Waals surface area contributed by atoms with Gasteiger partial charge in [-0.1, -0.05) is 12.8 Å². The minimum atomic E-state index is -0.884. The third kappa shape index (κ3) is 4.70. The van der Waals surface area contributed by atoms with Crippen LogP contribution in [0.5, 0.6) is 0 Å². The molecule has 1 atom stereocenters. The largest absolute Gasteiger partial charge is 0.480 e. The number of aliphatic carboxylic acids is 1. The maximum absolute atomic E-state index is 11.3. The molecule has 18 heavy (non-hydrogen) atoms. The molecule has 7 heteroatoms. The van der Waals surface area contributed by atoms with Gasteiger partial charge in [-0.2, -0.15) is 0 Å². The Labute approximate surface area is 105 Å². The zero-order chi connectivity index (χ0) is 13.5. The SMILES string of the molecule is NC(=O)NC(=O)CCN1CCCCCC1C(=O)O. The molecule has 4 N–H and O–H groups in total. The molecule has 0 aromatic carbocycles. The highest BCUT2D eigenvalue weighted by atomic mass is 16.4. The number of primary amides is 1. The summed E-state index contributed by atoms with van der Waals surface area (Å²) in [6.45, 7) is 0.997. The summed E-state index contributed by atoms with van der Waals surface area (Å²) in [5, 5.41) is 11.1. The molecule has 7 nitrogen and oxygen atoms in total. The number of hydrogen-bond donors (Lipinski definition) is 3. The van der Waals surface area contributed by atoms with E-state index in [4.69, 9.17) is 10.8 Å². The van der Waals surface area contributed by atoms with E-state index in [1.165, 1.54) is 0 Å². The number of nitrogens with zero attached hydrogens (tertiary/aromatic N) is 1. The summed E-state index contributed by atoms with van der Waals surface area (Å²) in [6, 6.07) is -1.42. The van der Waals surface area contributed by atoms with Crippen molar-refractivity contribution in [3.8, 4) is 0 Å². The van der Waals surface area contributed by atoms with Gasteiger partial charge in [-0.25, -0.2) is 4.79 Å². The van der Waals surface area contributed by atoms with Crippen molar-refractivity contribution >= 4 is 17.9 Å². The fraction of sp³-hybridized carbons (Fsp3) is 0.727. The van der Waals surface area contributed by atoms with Crippen molar-refractivity contribution in [3.63, 3.8) is 0 Å². The van der Waals surface area contributed by atoms with E-state index in [0.717, 1.165) is 19.3 Å². The van der Waals surface area contributed by atoms with E-state index in [2.05, 4.69) is 0 Å². The first-order chi connectivity index (χ1) is 8.50. The monoisotopic (exact) mass is 257 g/mol. The molecule has 1 rings (SSSR count). The lowest BCUT2D eigenvalue weighted by atomic mass is 10.1. The van der Waals surface area contributed by atoms with Crippen LogP contribution in [0.4, 0.5) is 4.79 Å². The van der Waals surface area contributed by atoms with Crippen molar-refractivity contribution in [1.82, 2.24) is 10.2 Å². The van der Waals surface area contributed by atoms with Crippen molar-refractivity contribution in [1.29, 1.82) is 0 Å². The number of nitrogens with one attached hydrogen (secondary N) is 1. The summed E-state index contributed by atoms with van der Waals surface area (Å²) in [4.78, 5) is 34.7. The first-order valence-electron chi connectivity index (χ1n) is 6.07. The molecule has 0 radical (unpaired) electrons. The van der Waals surface area contributed by atoms with Gasteiger partial charge in [-0.15, -0.1) is 0 Å². The van der Waals surface area contributed by atoms with E-state index < -0.39 is 23.9 Å². The minimum Gasteiger partial charge on any atom is -0.480 e. The van der Waals surface area contributed by atoms with Gasteiger partial charge in [-0.3, -0.25) is 19.8 Å². The highest BCUT2D eigenvalue weighted by Crippen LogP contribution is 2.17. The number of carboxylic acid groups (broad SMARTS) is 1. The van der Waals surface area contributed by atoms with Crippen molar-refractivity contribution in [2.45, 2.75) is 38.1 Å². The molecule has 1 aliphatic heterocycles. The molecule has 0 spiro atoms. The van der Waals surface area contributed by atoms with Crippen LogP contribution < -0.4 is 11.1 Å². The molecule has 1 unspecified atom stereocenters. The van der Waals surface area contributed by atoms with Gasteiger partial charge in [0.1, 0.15) is 6.04 Å². The van der Waals surface area contributed by atoms with E-state index in [-0.39, 0.29) is 6.42 Å². The smallest absolute Gasteiger partial charge is 0.320 e. The normalized spacial score (nSPS) is 21.0. The molecule has 1 heterocycles. The van der Waals surface area contributed by atoms with Gasteiger partial charge in [0.15, 0.2) is 0 Å². The summed E-state index contributed by atoms with van der Waals surface area (Å²) < 4.78 is 0. The van der Waals surface area contributed by atoms with Crippen molar-refractivity contribution in [3.05, 3.63) is 0 Å². The number of rotatable bonds is 4. The number of carbonyl (C=O) groups excluding carboxylic acids is 2. The molecule has 102 valence electrons. The lowest BCUT2D eigenvalue weighted by Crippen LogP contribution is -2.43. The molecule has 1 saturated heterocycles. The van der Waals surface area contributed by atoms with E-state index in [9.17, 15) is 14.4 Å². The number of hydrogen-bond acceptors (Lipinski definition) is 4. The van der Waals surface area contributed by atoms with E-state index >= 15 is 0 Å². The van der Waals surface area contributed by atoms with Crippen LogP contribution in [-0.2, 0) is 9.59 Å². The molecule has 0 aliphatic carbocycles. The fourth-order valence-corrected chi connectivity index (χ4v) is 2.16. The van der Waals surface area contributed by atoms with E-state index in [0.29, 0.717) is 19.5 Å². The minimum absolute atomic E-state index is 0.0761. The zero-order valence-electron chi connectivity index (χ0n) is 10.2. The van der Waals surface area contributed by atoms with E-state index in [1.807, 2.05) is 5.32 Å². The molecule has 0 aromatic rings. The molecule has 0 saturated carbocycles. The lowest BCUT2D eigenvalue weighted by Gasteiger charge is -2.26. The summed E-state index contributed by atoms with van der Waals surface area (Å²) >= 11 is 0. The molecular weight excluding hydrogens is 238 g/mol. The van der Waals surface area contributed by atoms with Crippen molar-refractivity contribution in [2.24, 2.45) is 5.73 Å². The molecule has 3 amide bonds. The van der Waals surface area contributed by atoms with Gasteiger partial charge in [0.25, 0.3) is 0 Å². The topological polar surface area (TPSA) is 113 Å². The van der Waals surface area contributed by atoms with Crippen LogP contribution in [0.2, 0.25) is 0 Å². The maximum atomic E-state index is 11.3. The van der Waals surface area contributed by atoms with Crippen LogP contribution in [0.3, 0.4) is 0 Å². The van der Waals surface area contributed by atoms with Gasteiger partial charge in [0, 0.05) is 13.0 Å². The predicted molar refractivity (Wildman–Crippen MR) is 63.8 cm³/mol. The second-order valence-corrected chi connectivity index (χ2v) is 4.40.